The van der Waals surface area contributed by atoms with E-state index in [2.05, 4.69) is 10.4 Å². The van der Waals surface area contributed by atoms with Crippen molar-refractivity contribution in [3.8, 4) is 5.69 Å². The van der Waals surface area contributed by atoms with E-state index in [0.717, 1.165) is 23.2 Å². The molecule has 1 fully saturated rings. The number of nitrogens with one attached hydrogen (secondary N) is 1. The summed E-state index contributed by atoms with van der Waals surface area (Å²) < 4.78 is 1.79. The number of hydrogen-bond donors (Lipinski definition) is 1. The van der Waals surface area contributed by atoms with Crippen LogP contribution in [0.15, 0.2) is 59.6 Å². The van der Waals surface area contributed by atoms with Gasteiger partial charge in [0.05, 0.1) is 11.3 Å². The molecule has 1 aromatic carbocycles. The molecule has 0 unspecified atom stereocenters. The molecule has 1 N–H and O–H groups in total. The fourth-order valence-electron chi connectivity index (χ4n) is 3.41. The average molecular weight is 410 g/mol. The summed E-state index contributed by atoms with van der Waals surface area (Å²) in [7, 11) is 0. The number of nitrogens with zero attached hydrogens (tertiary/aromatic N) is 4. The maximum atomic E-state index is 12.6. The van der Waals surface area contributed by atoms with Crippen molar-refractivity contribution in [2.45, 2.75) is 13.0 Å². The van der Waals surface area contributed by atoms with Gasteiger partial charge in [-0.3, -0.25) is 4.79 Å². The lowest BCUT2D eigenvalue weighted by atomic mass is 10.2. The molecule has 3 heterocycles. The highest BCUT2D eigenvalue weighted by Gasteiger charge is 2.22. The van der Waals surface area contributed by atoms with E-state index >= 15 is 0 Å². The first kappa shape index (κ1) is 19.2. The van der Waals surface area contributed by atoms with E-state index < -0.39 is 0 Å². The molecular formula is C21H23N5O2S. The van der Waals surface area contributed by atoms with Crippen molar-refractivity contribution in [2.75, 3.05) is 26.2 Å². The standard InChI is InChI=1S/C21H23N5O2S/c27-20(18-6-13-29-16-18)24-8-3-9-25(12-11-24)21(28)22-15-17-4-1-5-19(14-17)26-10-2-7-23-26/h1-2,4-7,10,13-14,16H,3,8-9,11-12,15H2,(H,22,28). The first-order chi connectivity index (χ1) is 14.2. The zero-order valence-corrected chi connectivity index (χ0v) is 16.8. The molecule has 3 amide bonds. The van der Waals surface area contributed by atoms with Crippen LogP contribution in [0.25, 0.3) is 5.69 Å². The second-order valence-electron chi connectivity index (χ2n) is 6.92. The molecule has 0 spiro atoms. The van der Waals surface area contributed by atoms with E-state index in [0.29, 0.717) is 32.7 Å². The average Bonchev–Trinajstić information content (AvgIpc) is 3.42. The SMILES string of the molecule is O=C(NCc1cccc(-n2cccn2)c1)N1CCCN(C(=O)c2ccsc2)CC1. The number of urea groups is 1. The third-order valence-electron chi connectivity index (χ3n) is 4.96. The molecule has 0 bridgehead atoms. The number of benzene rings is 1. The van der Waals surface area contributed by atoms with Gasteiger partial charge in [-0.2, -0.15) is 16.4 Å². The van der Waals surface area contributed by atoms with Crippen LogP contribution < -0.4 is 5.32 Å². The molecule has 150 valence electrons. The molecule has 0 saturated carbocycles. The van der Waals surface area contributed by atoms with E-state index in [4.69, 9.17) is 0 Å². The Hall–Kier alpha value is -3.13. The predicted octanol–water partition coefficient (Wildman–Crippen LogP) is 2.99. The first-order valence-electron chi connectivity index (χ1n) is 9.64. The van der Waals surface area contributed by atoms with Gasteiger partial charge in [-0.25, -0.2) is 9.48 Å². The van der Waals surface area contributed by atoms with E-state index in [-0.39, 0.29) is 11.9 Å². The molecule has 3 aromatic rings. The largest absolute Gasteiger partial charge is 0.337 e. The third kappa shape index (κ3) is 4.65. The Morgan fingerprint density at radius 2 is 1.93 bits per heavy atom. The van der Waals surface area contributed by atoms with Crippen molar-refractivity contribution < 1.29 is 9.59 Å². The number of rotatable bonds is 4. The Morgan fingerprint density at radius 3 is 2.72 bits per heavy atom. The monoisotopic (exact) mass is 409 g/mol. The molecule has 1 aliphatic heterocycles. The highest BCUT2D eigenvalue weighted by molar-refractivity contribution is 7.08. The van der Waals surface area contributed by atoms with E-state index in [1.165, 1.54) is 11.3 Å². The van der Waals surface area contributed by atoms with Gasteiger partial charge in [0.25, 0.3) is 5.91 Å². The van der Waals surface area contributed by atoms with Gasteiger partial charge in [-0.15, -0.1) is 0 Å². The van der Waals surface area contributed by atoms with Gasteiger partial charge < -0.3 is 15.1 Å². The summed E-state index contributed by atoms with van der Waals surface area (Å²) >= 11 is 1.52. The van der Waals surface area contributed by atoms with E-state index in [1.807, 2.05) is 58.3 Å². The number of thiophene rings is 1. The van der Waals surface area contributed by atoms with E-state index in [9.17, 15) is 9.59 Å². The number of carbonyl (C=O) groups is 2. The van der Waals surface area contributed by atoms with Crippen LogP contribution in [0.5, 0.6) is 0 Å². The Bertz CT molecular complexity index is 955. The normalized spacial score (nSPS) is 14.5. The molecular weight excluding hydrogens is 386 g/mol. The van der Waals surface area contributed by atoms with Gasteiger partial charge >= 0.3 is 6.03 Å². The summed E-state index contributed by atoms with van der Waals surface area (Å²) in [6.45, 7) is 2.85. The highest BCUT2D eigenvalue weighted by Crippen LogP contribution is 2.13. The lowest BCUT2D eigenvalue weighted by molar-refractivity contribution is 0.0763. The van der Waals surface area contributed by atoms with Crippen LogP contribution in [0, 0.1) is 0 Å². The molecule has 1 saturated heterocycles. The molecule has 1 aliphatic rings. The summed E-state index contributed by atoms with van der Waals surface area (Å²) in [4.78, 5) is 28.8. The number of hydrogen-bond acceptors (Lipinski definition) is 4. The zero-order valence-electron chi connectivity index (χ0n) is 16.0. The minimum absolute atomic E-state index is 0.0453. The Morgan fingerprint density at radius 1 is 1.07 bits per heavy atom. The molecule has 8 heteroatoms. The molecule has 0 atom stereocenters. The second-order valence-corrected chi connectivity index (χ2v) is 7.70. The van der Waals surface area contributed by atoms with Gasteiger partial charge in [0.1, 0.15) is 0 Å². The fraction of sp³-hybridized carbons (Fsp3) is 0.286. The van der Waals surface area contributed by atoms with Gasteiger partial charge in [0, 0.05) is 50.5 Å². The maximum Gasteiger partial charge on any atom is 0.317 e. The lowest BCUT2D eigenvalue weighted by Crippen LogP contribution is -2.42. The Labute approximate surface area is 173 Å². The fourth-order valence-corrected chi connectivity index (χ4v) is 4.04. The summed E-state index contributed by atoms with van der Waals surface area (Å²) in [5.41, 5.74) is 2.69. The second kappa shape index (κ2) is 8.91. The molecule has 0 radical (unpaired) electrons. The van der Waals surface area contributed by atoms with E-state index in [1.54, 1.807) is 15.8 Å². The lowest BCUT2D eigenvalue weighted by Gasteiger charge is -2.22. The summed E-state index contributed by atoms with van der Waals surface area (Å²) in [5, 5.41) is 11.0. The van der Waals surface area contributed by atoms with Crippen LogP contribution in [0.3, 0.4) is 0 Å². The van der Waals surface area contributed by atoms with Crippen molar-refractivity contribution in [3.05, 3.63) is 70.7 Å². The number of carbonyl (C=O) groups excluding carboxylic acids is 2. The third-order valence-corrected chi connectivity index (χ3v) is 5.64. The Balaban J connectivity index is 1.31. The maximum absolute atomic E-state index is 12.6. The first-order valence-corrected chi connectivity index (χ1v) is 10.6. The quantitative estimate of drug-likeness (QED) is 0.720. The minimum Gasteiger partial charge on any atom is -0.337 e. The molecule has 0 aliphatic carbocycles. The van der Waals surface area contributed by atoms with Crippen molar-refractivity contribution in [1.82, 2.24) is 24.9 Å². The topological polar surface area (TPSA) is 70.5 Å². The number of amides is 3. The van der Waals surface area contributed by atoms with Crippen LogP contribution >= 0.6 is 11.3 Å². The van der Waals surface area contributed by atoms with Crippen LogP contribution in [0.1, 0.15) is 22.3 Å². The minimum atomic E-state index is -0.0978. The smallest absolute Gasteiger partial charge is 0.317 e. The van der Waals surface area contributed by atoms with Gasteiger partial charge in [-0.05, 0) is 41.6 Å². The van der Waals surface area contributed by atoms with Crippen molar-refractivity contribution >= 4 is 23.3 Å². The molecule has 7 nitrogen and oxygen atoms in total. The van der Waals surface area contributed by atoms with Crippen molar-refractivity contribution in [1.29, 1.82) is 0 Å². The van der Waals surface area contributed by atoms with Crippen molar-refractivity contribution in [2.24, 2.45) is 0 Å². The molecule has 4 rings (SSSR count). The summed E-state index contributed by atoms with van der Waals surface area (Å²) in [6.07, 6.45) is 4.40. The van der Waals surface area contributed by atoms with Crippen LogP contribution in [-0.2, 0) is 6.54 Å². The molecule has 2 aromatic heterocycles. The zero-order chi connectivity index (χ0) is 20.1. The highest BCUT2D eigenvalue weighted by atomic mass is 32.1. The van der Waals surface area contributed by atoms with Crippen LogP contribution in [0.2, 0.25) is 0 Å². The van der Waals surface area contributed by atoms with Crippen molar-refractivity contribution in [3.63, 3.8) is 0 Å². The summed E-state index contributed by atoms with van der Waals surface area (Å²) in [5.74, 6) is 0.0453. The summed E-state index contributed by atoms with van der Waals surface area (Å²) in [6, 6.07) is 11.6. The Kier molecular flexibility index (Phi) is 5.90. The van der Waals surface area contributed by atoms with Gasteiger partial charge in [0.15, 0.2) is 0 Å². The molecule has 29 heavy (non-hydrogen) atoms. The van der Waals surface area contributed by atoms with Gasteiger partial charge in [0.2, 0.25) is 0 Å². The van der Waals surface area contributed by atoms with Gasteiger partial charge in [-0.1, -0.05) is 12.1 Å². The van der Waals surface area contributed by atoms with Crippen LogP contribution in [-0.4, -0.2) is 57.7 Å². The number of aromatic nitrogens is 2. The van der Waals surface area contributed by atoms with Crippen LogP contribution in [0.4, 0.5) is 4.79 Å². The predicted molar refractivity (Wildman–Crippen MR) is 112 cm³/mol.